The molecule has 4 atom stereocenters. The Balaban J connectivity index is 1.54. The number of aromatic nitrogens is 2. The van der Waals surface area contributed by atoms with E-state index in [0.29, 0.717) is 22.5 Å². The standard InChI is InChI=1S/C18H22N4O6S/c1-26-10-4-2-9(3-5-10)7-27-16-14-15(20-18(19)21-16)22(8-29-14)17-13(25)12(24)11(6-23)28-17/h2-5,11-13,17,23-25H,6-8H2,1H3,(H2,19,20,21)/t11-,12-,13-,17-/m1/s1. The van der Waals surface area contributed by atoms with E-state index in [9.17, 15) is 15.3 Å². The second-order valence-electron chi connectivity index (χ2n) is 6.65. The molecule has 4 rings (SSSR count). The van der Waals surface area contributed by atoms with Crippen LogP contribution in [0.1, 0.15) is 5.56 Å². The predicted molar refractivity (Wildman–Crippen MR) is 105 cm³/mol. The summed E-state index contributed by atoms with van der Waals surface area (Å²) in [6.45, 7) is -0.119. The Kier molecular flexibility index (Phi) is 5.65. The summed E-state index contributed by atoms with van der Waals surface area (Å²) < 4.78 is 16.6. The first-order chi connectivity index (χ1) is 14.0. The van der Waals surface area contributed by atoms with Gasteiger partial charge in [0.05, 0.1) is 19.6 Å². The van der Waals surface area contributed by atoms with Gasteiger partial charge in [-0.25, -0.2) is 0 Å². The lowest BCUT2D eigenvalue weighted by molar-refractivity contribution is -0.0216. The van der Waals surface area contributed by atoms with Gasteiger partial charge in [-0.2, -0.15) is 9.97 Å². The Labute approximate surface area is 171 Å². The van der Waals surface area contributed by atoms with Gasteiger partial charge >= 0.3 is 0 Å². The summed E-state index contributed by atoms with van der Waals surface area (Å²) in [5.41, 5.74) is 6.80. The minimum atomic E-state index is -1.20. The van der Waals surface area contributed by atoms with Crippen LogP contribution in [0.2, 0.25) is 0 Å². The lowest BCUT2D eigenvalue weighted by Gasteiger charge is -2.27. The van der Waals surface area contributed by atoms with E-state index in [1.54, 1.807) is 12.0 Å². The molecule has 0 bridgehead atoms. The number of methoxy groups -OCH3 is 1. The van der Waals surface area contributed by atoms with Crippen molar-refractivity contribution in [2.24, 2.45) is 0 Å². The first-order valence-corrected chi connectivity index (χ1v) is 9.95. The molecule has 3 heterocycles. The number of thioether (sulfide) groups is 1. The van der Waals surface area contributed by atoms with E-state index >= 15 is 0 Å². The van der Waals surface area contributed by atoms with Crippen molar-refractivity contribution in [3.63, 3.8) is 0 Å². The third kappa shape index (κ3) is 3.79. The number of ether oxygens (including phenoxy) is 3. The molecule has 156 valence electrons. The number of aliphatic hydroxyl groups is 3. The zero-order chi connectivity index (χ0) is 20.5. The zero-order valence-corrected chi connectivity index (χ0v) is 16.5. The molecular formula is C18H22N4O6S. The Morgan fingerprint density at radius 1 is 1.24 bits per heavy atom. The predicted octanol–water partition coefficient (Wildman–Crippen LogP) is -0.0450. The summed E-state index contributed by atoms with van der Waals surface area (Å²) in [5, 5.41) is 29.7. The van der Waals surface area contributed by atoms with Crippen LogP contribution < -0.4 is 20.1 Å². The van der Waals surface area contributed by atoms with Crippen LogP contribution in [0.4, 0.5) is 11.8 Å². The minimum absolute atomic E-state index is 0.0210. The van der Waals surface area contributed by atoms with Crippen LogP contribution in [-0.2, 0) is 11.3 Å². The highest BCUT2D eigenvalue weighted by Gasteiger charge is 2.47. The van der Waals surface area contributed by atoms with Crippen molar-refractivity contribution >= 4 is 23.5 Å². The van der Waals surface area contributed by atoms with Gasteiger partial charge in [0.25, 0.3) is 0 Å². The normalized spacial score (nSPS) is 25.9. The van der Waals surface area contributed by atoms with Crippen LogP contribution in [0, 0.1) is 0 Å². The van der Waals surface area contributed by atoms with Gasteiger partial charge in [0.1, 0.15) is 35.6 Å². The highest BCUT2D eigenvalue weighted by molar-refractivity contribution is 8.00. The van der Waals surface area contributed by atoms with E-state index < -0.39 is 31.1 Å². The molecule has 1 fully saturated rings. The van der Waals surface area contributed by atoms with Crippen molar-refractivity contribution in [3.05, 3.63) is 29.8 Å². The van der Waals surface area contributed by atoms with Gasteiger partial charge in [-0.1, -0.05) is 23.9 Å². The van der Waals surface area contributed by atoms with Crippen LogP contribution in [0.5, 0.6) is 11.6 Å². The van der Waals surface area contributed by atoms with Gasteiger partial charge in [0.2, 0.25) is 11.8 Å². The van der Waals surface area contributed by atoms with E-state index in [0.717, 1.165) is 11.3 Å². The third-order valence-corrected chi connectivity index (χ3v) is 5.87. The quantitative estimate of drug-likeness (QED) is 0.497. The number of nitrogens with two attached hydrogens (primary N) is 1. The Bertz CT molecular complexity index is 870. The molecule has 0 amide bonds. The molecule has 10 nitrogen and oxygen atoms in total. The van der Waals surface area contributed by atoms with E-state index in [-0.39, 0.29) is 12.6 Å². The van der Waals surface area contributed by atoms with Crippen molar-refractivity contribution in [1.82, 2.24) is 9.97 Å². The van der Waals surface area contributed by atoms with Crippen molar-refractivity contribution in [3.8, 4) is 11.6 Å². The maximum Gasteiger partial charge on any atom is 0.234 e. The van der Waals surface area contributed by atoms with Gasteiger partial charge < -0.3 is 40.2 Å². The molecule has 5 N–H and O–H groups in total. The maximum atomic E-state index is 10.3. The highest BCUT2D eigenvalue weighted by atomic mass is 32.2. The summed E-state index contributed by atoms with van der Waals surface area (Å²) in [6, 6.07) is 7.47. The highest BCUT2D eigenvalue weighted by Crippen LogP contribution is 2.45. The van der Waals surface area contributed by atoms with Gasteiger partial charge in [0.15, 0.2) is 12.0 Å². The maximum absolute atomic E-state index is 10.3. The third-order valence-electron chi connectivity index (χ3n) is 4.81. The molecule has 1 saturated heterocycles. The summed E-state index contributed by atoms with van der Waals surface area (Å²) in [6.07, 6.45) is -4.11. The lowest BCUT2D eigenvalue weighted by Crippen LogP contribution is -2.43. The average molecular weight is 422 g/mol. The first-order valence-electron chi connectivity index (χ1n) is 8.97. The summed E-state index contributed by atoms with van der Waals surface area (Å²) in [5.74, 6) is 1.97. The minimum Gasteiger partial charge on any atom is -0.497 e. The summed E-state index contributed by atoms with van der Waals surface area (Å²) in [4.78, 5) is 10.8. The molecule has 2 aliphatic heterocycles. The SMILES string of the molecule is COc1ccc(COc2nc(N)nc3c2SCN3[C@@H]2O[C@H](CO)[C@@H](O)[C@H]2O)cc1. The largest absolute Gasteiger partial charge is 0.497 e. The van der Waals surface area contributed by atoms with Gasteiger partial charge in [-0.3, -0.25) is 0 Å². The molecule has 1 aromatic heterocycles. The molecule has 0 radical (unpaired) electrons. The number of rotatable bonds is 6. The monoisotopic (exact) mass is 422 g/mol. The van der Waals surface area contributed by atoms with E-state index in [1.165, 1.54) is 11.8 Å². The number of anilines is 2. The first kappa shape index (κ1) is 20.0. The van der Waals surface area contributed by atoms with Crippen LogP contribution in [0.25, 0.3) is 0 Å². The number of hydrogen-bond acceptors (Lipinski definition) is 11. The molecule has 0 saturated carbocycles. The van der Waals surface area contributed by atoms with Crippen LogP contribution in [-0.4, -0.2) is 69.4 Å². The van der Waals surface area contributed by atoms with E-state index in [2.05, 4.69) is 9.97 Å². The summed E-state index contributed by atoms with van der Waals surface area (Å²) >= 11 is 1.42. The van der Waals surface area contributed by atoms with Crippen molar-refractivity contribution in [2.75, 3.05) is 30.2 Å². The van der Waals surface area contributed by atoms with Crippen LogP contribution >= 0.6 is 11.8 Å². The molecule has 1 aromatic carbocycles. The molecule has 2 aromatic rings. The molecule has 11 heteroatoms. The Hall–Kier alpha value is -2.31. The lowest BCUT2D eigenvalue weighted by atomic mass is 10.1. The van der Waals surface area contributed by atoms with Gasteiger partial charge in [0, 0.05) is 0 Å². The average Bonchev–Trinajstić information content (AvgIpc) is 3.27. The van der Waals surface area contributed by atoms with E-state index in [4.69, 9.17) is 19.9 Å². The molecule has 0 aliphatic carbocycles. The smallest absolute Gasteiger partial charge is 0.234 e. The number of aliphatic hydroxyl groups excluding tert-OH is 3. The number of benzene rings is 1. The van der Waals surface area contributed by atoms with Crippen LogP contribution in [0.15, 0.2) is 29.2 Å². The van der Waals surface area contributed by atoms with Gasteiger partial charge in [-0.05, 0) is 17.7 Å². The fourth-order valence-electron chi connectivity index (χ4n) is 3.25. The summed E-state index contributed by atoms with van der Waals surface area (Å²) in [7, 11) is 1.61. The fourth-order valence-corrected chi connectivity index (χ4v) is 4.31. The number of nitrogen functional groups attached to an aromatic ring is 1. The molecular weight excluding hydrogens is 400 g/mol. The van der Waals surface area contributed by atoms with Crippen molar-refractivity contribution in [2.45, 2.75) is 36.0 Å². The number of fused-ring (bicyclic) bond motifs is 1. The molecule has 29 heavy (non-hydrogen) atoms. The topological polar surface area (TPSA) is 143 Å². The molecule has 0 unspecified atom stereocenters. The van der Waals surface area contributed by atoms with Crippen molar-refractivity contribution < 1.29 is 29.5 Å². The molecule has 0 spiro atoms. The second kappa shape index (κ2) is 8.20. The van der Waals surface area contributed by atoms with E-state index in [1.807, 2.05) is 24.3 Å². The number of nitrogens with zero attached hydrogens (tertiary/aromatic N) is 3. The zero-order valence-electron chi connectivity index (χ0n) is 15.6. The van der Waals surface area contributed by atoms with Gasteiger partial charge in [-0.15, -0.1) is 0 Å². The van der Waals surface area contributed by atoms with Crippen LogP contribution in [0.3, 0.4) is 0 Å². The second-order valence-corrected chi connectivity index (χ2v) is 7.60. The molecule has 2 aliphatic rings. The number of hydrogen-bond donors (Lipinski definition) is 4. The Morgan fingerprint density at radius 2 is 2.00 bits per heavy atom. The Morgan fingerprint density at radius 3 is 2.66 bits per heavy atom. The fraction of sp³-hybridized carbons (Fsp3) is 0.444. The van der Waals surface area contributed by atoms with Crippen molar-refractivity contribution in [1.29, 1.82) is 0 Å².